The topological polar surface area (TPSA) is 649 Å². The lowest BCUT2D eigenvalue weighted by molar-refractivity contribution is -0.147. The molecule has 0 aliphatic carbocycles. The molecule has 532 valence electrons. The molecule has 0 saturated heterocycles. The Labute approximate surface area is 555 Å². The summed E-state index contributed by atoms with van der Waals surface area (Å²) in [6.45, 7) is 1.99. The molecule has 0 radical (unpaired) electrons. The van der Waals surface area contributed by atoms with Crippen molar-refractivity contribution in [1.82, 2.24) is 68.1 Å². The van der Waals surface area contributed by atoms with Crippen LogP contribution in [0.2, 0.25) is 0 Å². The number of aliphatic hydroxyl groups is 1. The van der Waals surface area contributed by atoms with Gasteiger partial charge in [-0.15, -0.1) is 0 Å². The molecule has 0 spiro atoms. The number of benzene rings is 1. The van der Waals surface area contributed by atoms with E-state index in [1.54, 1.807) is 38.1 Å². The number of rotatable bonds is 45. The van der Waals surface area contributed by atoms with E-state index in [-0.39, 0.29) is 12.1 Å². The molecule has 11 atom stereocenters. The van der Waals surface area contributed by atoms with Crippen LogP contribution in [0.3, 0.4) is 0 Å². The quantitative estimate of drug-likeness (QED) is 0.0234. The second kappa shape index (κ2) is 39.8. The Morgan fingerprint density at radius 2 is 0.866 bits per heavy atom. The number of hydrogen-bond acceptors (Lipinski definition) is 21. The number of thiol groups is 1. The zero-order valence-electron chi connectivity index (χ0n) is 52.2. The molecule has 23 N–H and O–H groups in total. The number of primary amides is 1. The number of carbonyl (C=O) groups is 17. The van der Waals surface area contributed by atoms with Gasteiger partial charge in [0.1, 0.15) is 60.4 Å². The molecular weight excluding hydrogens is 1310 g/mol. The maximum absolute atomic E-state index is 14.6. The normalized spacial score (nSPS) is 14.5. The van der Waals surface area contributed by atoms with Gasteiger partial charge in [0.25, 0.3) is 0 Å². The minimum absolute atomic E-state index is 0.111. The molecular formula is C57H79N15O24S. The van der Waals surface area contributed by atoms with E-state index in [0.29, 0.717) is 16.5 Å². The van der Waals surface area contributed by atoms with Crippen molar-refractivity contribution >= 4 is 124 Å². The van der Waals surface area contributed by atoms with Crippen molar-refractivity contribution in [2.45, 2.75) is 164 Å². The van der Waals surface area contributed by atoms with Crippen LogP contribution in [-0.2, 0) is 94.3 Å². The highest BCUT2D eigenvalue weighted by Crippen LogP contribution is 2.20. The van der Waals surface area contributed by atoms with E-state index < -0.39 is 263 Å². The second-order valence-corrected chi connectivity index (χ2v) is 22.7. The number of para-hydroxylation sites is 1. The third kappa shape index (κ3) is 28.4. The van der Waals surface area contributed by atoms with E-state index in [2.05, 4.69) is 75.4 Å². The van der Waals surface area contributed by atoms with E-state index in [9.17, 15) is 112 Å². The SMILES string of the molecule is CC(C)C[C@H](NC(=O)[C@H](CS)NC(=O)[C@H](CCC(N)=O)NC(=O)[C@H](CCC(=O)O)NC(=O)[C@@H](N)CC(=O)O)C(=O)N[C@@H](CO)C(=O)N[C@@H](CCC(=O)O)C(=O)N[C@@H](Cc1c[nH]c2ccccc12)C(=O)N[C@@H](CCC(=O)O)C(=O)N[C@@H](Cc1c[nH]cn1)C(=O)N[C@@H](CC(=O)O)C(=O)O. The highest BCUT2D eigenvalue weighted by atomic mass is 32.1. The van der Waals surface area contributed by atoms with Crippen molar-refractivity contribution in [2.24, 2.45) is 17.4 Å². The molecule has 0 fully saturated rings. The Morgan fingerprint density at radius 1 is 0.474 bits per heavy atom. The van der Waals surface area contributed by atoms with Crippen LogP contribution in [-0.4, -0.2) is 230 Å². The number of nitrogens with zero attached hydrogens (tertiary/aromatic N) is 1. The number of hydrogen-bond donors (Lipinski definition) is 22. The average Bonchev–Trinajstić information content (AvgIpc) is 1.76. The number of carbonyl (C=O) groups excluding carboxylic acids is 11. The number of amides is 11. The lowest BCUT2D eigenvalue weighted by Gasteiger charge is -2.28. The zero-order chi connectivity index (χ0) is 72.8. The maximum Gasteiger partial charge on any atom is 0.326 e. The highest BCUT2D eigenvalue weighted by Gasteiger charge is 2.38. The summed E-state index contributed by atoms with van der Waals surface area (Å²) < 4.78 is 0. The fraction of sp³-hybridized carbons (Fsp3) is 0.509. The van der Waals surface area contributed by atoms with E-state index in [0.717, 1.165) is 0 Å². The van der Waals surface area contributed by atoms with Crippen LogP contribution in [0, 0.1) is 5.92 Å². The molecule has 0 bridgehead atoms. The van der Waals surface area contributed by atoms with Crippen LogP contribution < -0.4 is 64.6 Å². The third-order valence-electron chi connectivity index (χ3n) is 14.2. The number of nitrogens with two attached hydrogens (primary N) is 2. The summed E-state index contributed by atoms with van der Waals surface area (Å²) in [5.41, 5.74) is 11.9. The summed E-state index contributed by atoms with van der Waals surface area (Å²) in [5, 5.41) is 90.2. The summed E-state index contributed by atoms with van der Waals surface area (Å²) in [6, 6.07) is -13.3. The average molecular weight is 1390 g/mol. The predicted octanol–water partition coefficient (Wildman–Crippen LogP) is -6.29. The molecule has 97 heavy (non-hydrogen) atoms. The van der Waals surface area contributed by atoms with Gasteiger partial charge in [0, 0.05) is 67.6 Å². The van der Waals surface area contributed by atoms with Gasteiger partial charge in [0.05, 0.1) is 37.5 Å². The minimum atomic E-state index is -2.01. The number of fused-ring (bicyclic) bond motifs is 1. The van der Waals surface area contributed by atoms with Crippen LogP contribution in [0.15, 0.2) is 43.0 Å². The smallest absolute Gasteiger partial charge is 0.326 e. The summed E-state index contributed by atoms with van der Waals surface area (Å²) in [6.07, 6.45) is -4.73. The lowest BCUT2D eigenvalue weighted by Crippen LogP contribution is -2.61. The first-order valence-corrected chi connectivity index (χ1v) is 30.4. The van der Waals surface area contributed by atoms with Gasteiger partial charge in [-0.3, -0.25) is 76.7 Å². The summed E-state index contributed by atoms with van der Waals surface area (Å²) in [7, 11) is 0. The van der Waals surface area contributed by atoms with Crippen LogP contribution in [0.1, 0.15) is 95.7 Å². The van der Waals surface area contributed by atoms with Crippen LogP contribution >= 0.6 is 12.6 Å². The van der Waals surface area contributed by atoms with E-state index in [4.69, 9.17) is 16.6 Å². The Bertz CT molecular complexity index is 3350. The molecule has 0 aliphatic rings. The van der Waals surface area contributed by atoms with E-state index in [1.165, 1.54) is 18.7 Å². The number of imidazole rings is 1. The summed E-state index contributed by atoms with van der Waals surface area (Å²) in [4.78, 5) is 230. The van der Waals surface area contributed by atoms with E-state index >= 15 is 0 Å². The maximum atomic E-state index is 14.6. The number of nitrogens with one attached hydrogen (secondary N) is 12. The van der Waals surface area contributed by atoms with Gasteiger partial charge in [-0.05, 0) is 49.7 Å². The molecule has 39 nitrogen and oxygen atoms in total. The third-order valence-corrected chi connectivity index (χ3v) is 14.5. The Kier molecular flexibility index (Phi) is 33.0. The van der Waals surface area contributed by atoms with Crippen molar-refractivity contribution in [3.05, 3.63) is 54.2 Å². The molecule has 11 amide bonds. The largest absolute Gasteiger partial charge is 0.481 e. The predicted molar refractivity (Wildman–Crippen MR) is 333 cm³/mol. The van der Waals surface area contributed by atoms with Gasteiger partial charge in [-0.25, -0.2) is 9.78 Å². The van der Waals surface area contributed by atoms with Gasteiger partial charge >= 0.3 is 35.8 Å². The Morgan fingerprint density at radius 3 is 1.30 bits per heavy atom. The van der Waals surface area contributed by atoms with Gasteiger partial charge in [-0.1, -0.05) is 32.0 Å². The fourth-order valence-electron chi connectivity index (χ4n) is 9.19. The Hall–Kier alpha value is -10.8. The molecule has 0 unspecified atom stereocenters. The standard InChI is InChI=1S/C57H79N15O24S/c1-25(2)15-35(67-56(94)40(23-97)72-51(89)31(7-11-41(59)74)64-48(86)32(8-12-42(75)76)63-47(85)29(58)18-45(81)82)52(90)71-39(22-73)55(93)66-34(10-14-44(79)80)49(87)68-36(16-26-20-61-30-6-4-3-5-28(26)30)53(91)65-33(9-13-43(77)78)50(88)69-37(17-27-21-60-24-62-27)54(92)70-38(57(95)96)19-46(83)84/h3-6,20-21,24-25,29,31-40,61,73,97H,7-19,22-23,58H2,1-2H3,(H2,59,74)(H,60,62)(H,63,85)(H,64,86)(H,65,91)(H,66,93)(H,67,94)(H,68,87)(H,69,88)(H,70,92)(H,71,90)(H,72,89)(H,75,76)(H,77,78)(H,79,80)(H,81,82)(H,83,84)(H,95,96)/t29-,31-,32-,33-,34-,35-,36-,37-,38-,39-,40-/m0/s1. The molecule has 40 heteroatoms. The van der Waals surface area contributed by atoms with Crippen molar-refractivity contribution in [3.63, 3.8) is 0 Å². The molecule has 2 heterocycles. The van der Waals surface area contributed by atoms with E-state index in [1.807, 2.05) is 5.32 Å². The first-order valence-electron chi connectivity index (χ1n) is 29.8. The number of H-pyrrole nitrogens is 2. The van der Waals surface area contributed by atoms with Crippen molar-refractivity contribution in [2.75, 3.05) is 12.4 Å². The zero-order valence-corrected chi connectivity index (χ0v) is 53.1. The van der Waals surface area contributed by atoms with Crippen LogP contribution in [0.5, 0.6) is 0 Å². The number of carboxylic acids is 6. The Balaban J connectivity index is 1.95. The molecule has 3 aromatic rings. The number of aliphatic carboxylic acids is 6. The van der Waals surface area contributed by atoms with Crippen molar-refractivity contribution in [1.29, 1.82) is 0 Å². The van der Waals surface area contributed by atoms with Gasteiger partial charge in [0.15, 0.2) is 0 Å². The van der Waals surface area contributed by atoms with Gasteiger partial charge in [-0.2, -0.15) is 12.6 Å². The number of aromatic amines is 2. The minimum Gasteiger partial charge on any atom is -0.481 e. The molecule has 0 aliphatic heterocycles. The molecule has 3 rings (SSSR count). The van der Waals surface area contributed by atoms with Gasteiger partial charge in [0.2, 0.25) is 65.0 Å². The fourth-order valence-corrected chi connectivity index (χ4v) is 9.45. The molecule has 2 aromatic heterocycles. The molecule has 1 aromatic carbocycles. The highest BCUT2D eigenvalue weighted by molar-refractivity contribution is 7.80. The van der Waals surface area contributed by atoms with Crippen molar-refractivity contribution in [3.8, 4) is 0 Å². The summed E-state index contributed by atoms with van der Waals surface area (Å²) in [5.74, 6) is -23.4. The number of aliphatic hydroxyl groups excluding tert-OH is 1. The van der Waals surface area contributed by atoms with Crippen molar-refractivity contribution < 1.29 is 117 Å². The monoisotopic (exact) mass is 1390 g/mol. The molecule has 0 saturated carbocycles. The summed E-state index contributed by atoms with van der Waals surface area (Å²) >= 11 is 4.14. The first kappa shape index (κ1) is 80.5. The van der Waals surface area contributed by atoms with Gasteiger partial charge < -0.3 is 110 Å². The first-order chi connectivity index (χ1) is 45.6. The number of carboxylic acid groups (broad SMARTS) is 6. The van der Waals surface area contributed by atoms with Crippen LogP contribution in [0.4, 0.5) is 0 Å². The second-order valence-electron chi connectivity index (χ2n) is 22.4. The van der Waals surface area contributed by atoms with Crippen LogP contribution in [0.25, 0.3) is 10.9 Å². The number of aromatic nitrogens is 3. The lowest BCUT2D eigenvalue weighted by atomic mass is 10.0.